The van der Waals surface area contributed by atoms with Crippen molar-refractivity contribution in [1.29, 1.82) is 0 Å². The SMILES string of the molecule is Nn1c(C2=NC(CC(C=O)N3CCOCC3)CS2)cc2cccc(C3CCCC3)c21. The van der Waals surface area contributed by atoms with E-state index in [2.05, 4.69) is 29.2 Å². The number of nitrogen functional groups attached to an aromatic ring is 1. The number of thioether (sulfide) groups is 1. The van der Waals surface area contributed by atoms with Crippen molar-refractivity contribution in [3.63, 3.8) is 0 Å². The Morgan fingerprint density at radius 2 is 2.07 bits per heavy atom. The van der Waals surface area contributed by atoms with E-state index >= 15 is 0 Å². The summed E-state index contributed by atoms with van der Waals surface area (Å²) in [7, 11) is 0. The van der Waals surface area contributed by atoms with Crippen LogP contribution in [0.3, 0.4) is 0 Å². The second-order valence-electron chi connectivity index (χ2n) is 8.65. The van der Waals surface area contributed by atoms with Gasteiger partial charge in [-0.3, -0.25) is 14.6 Å². The number of carbonyl (C=O) groups is 1. The van der Waals surface area contributed by atoms with Crippen molar-refractivity contribution in [2.75, 3.05) is 37.9 Å². The minimum absolute atomic E-state index is 0.0831. The Labute approximate surface area is 181 Å². The van der Waals surface area contributed by atoms with Gasteiger partial charge in [0.05, 0.1) is 36.5 Å². The third-order valence-electron chi connectivity index (χ3n) is 6.80. The molecule has 1 aromatic carbocycles. The summed E-state index contributed by atoms with van der Waals surface area (Å²) in [6.07, 6.45) is 6.97. The average Bonchev–Trinajstić information content (AvgIpc) is 3.53. The van der Waals surface area contributed by atoms with Crippen LogP contribution in [-0.4, -0.2) is 65.0 Å². The first-order valence-electron chi connectivity index (χ1n) is 11.1. The van der Waals surface area contributed by atoms with Gasteiger partial charge in [-0.1, -0.05) is 31.0 Å². The first kappa shape index (κ1) is 20.1. The van der Waals surface area contributed by atoms with Crippen molar-refractivity contribution in [2.24, 2.45) is 4.99 Å². The van der Waals surface area contributed by atoms with Gasteiger partial charge in [0.1, 0.15) is 11.3 Å². The molecule has 7 heteroatoms. The molecule has 2 aromatic rings. The Balaban J connectivity index is 1.38. The van der Waals surface area contributed by atoms with Gasteiger partial charge in [0.25, 0.3) is 0 Å². The van der Waals surface area contributed by atoms with E-state index in [1.54, 1.807) is 11.8 Å². The van der Waals surface area contributed by atoms with E-state index in [0.29, 0.717) is 19.1 Å². The molecule has 30 heavy (non-hydrogen) atoms. The zero-order valence-corrected chi connectivity index (χ0v) is 18.2. The van der Waals surface area contributed by atoms with E-state index in [9.17, 15) is 4.79 Å². The molecular weight excluding hydrogens is 396 g/mol. The number of aromatic nitrogens is 1. The number of fused-ring (bicyclic) bond motifs is 1. The van der Waals surface area contributed by atoms with Crippen LogP contribution in [0.25, 0.3) is 10.9 Å². The van der Waals surface area contributed by atoms with Crippen molar-refractivity contribution in [1.82, 2.24) is 9.58 Å². The van der Waals surface area contributed by atoms with Crippen LogP contribution in [0.1, 0.15) is 49.3 Å². The largest absolute Gasteiger partial charge is 0.379 e. The van der Waals surface area contributed by atoms with Crippen molar-refractivity contribution >= 4 is 34.0 Å². The zero-order valence-electron chi connectivity index (χ0n) is 17.3. The summed E-state index contributed by atoms with van der Waals surface area (Å²) in [6, 6.07) is 8.80. The summed E-state index contributed by atoms with van der Waals surface area (Å²) in [6.45, 7) is 3.05. The molecule has 2 unspecified atom stereocenters. The van der Waals surface area contributed by atoms with Crippen LogP contribution < -0.4 is 5.84 Å². The van der Waals surface area contributed by atoms with Crippen LogP contribution in [-0.2, 0) is 9.53 Å². The third kappa shape index (κ3) is 3.79. The molecule has 1 aromatic heterocycles. The molecule has 3 heterocycles. The van der Waals surface area contributed by atoms with Gasteiger partial charge in [0, 0.05) is 24.2 Å². The zero-order chi connectivity index (χ0) is 20.5. The molecule has 1 saturated carbocycles. The number of aliphatic imine (C=N–C) groups is 1. The fourth-order valence-electron chi connectivity index (χ4n) is 5.20. The number of rotatable bonds is 6. The number of carbonyl (C=O) groups excluding carboxylic acids is 1. The van der Waals surface area contributed by atoms with E-state index in [4.69, 9.17) is 15.6 Å². The third-order valence-corrected chi connectivity index (χ3v) is 7.94. The predicted molar refractivity (Wildman–Crippen MR) is 123 cm³/mol. The van der Waals surface area contributed by atoms with Gasteiger partial charge in [-0.25, -0.2) is 0 Å². The van der Waals surface area contributed by atoms with Crippen molar-refractivity contribution in [3.05, 3.63) is 35.5 Å². The standard InChI is InChI=1S/C23H30N4O2S/c24-27-21(12-17-6-3-7-20(22(17)27)16-4-1-2-5-16)23-25-18(15-30-23)13-19(14-28)26-8-10-29-11-9-26/h3,6-7,12,14,16,18-19H,1-2,4-5,8-11,13,15,24H2. The van der Waals surface area contributed by atoms with Gasteiger partial charge in [-0.15, -0.1) is 11.8 Å². The molecule has 0 amide bonds. The van der Waals surface area contributed by atoms with E-state index in [1.807, 2.05) is 4.68 Å². The summed E-state index contributed by atoms with van der Waals surface area (Å²) in [5.74, 6) is 8.14. The van der Waals surface area contributed by atoms with Crippen LogP contribution in [0.5, 0.6) is 0 Å². The first-order chi connectivity index (χ1) is 14.7. The monoisotopic (exact) mass is 426 g/mol. The lowest BCUT2D eigenvalue weighted by molar-refractivity contribution is -0.114. The van der Waals surface area contributed by atoms with E-state index in [-0.39, 0.29) is 12.1 Å². The minimum Gasteiger partial charge on any atom is -0.379 e. The van der Waals surface area contributed by atoms with E-state index in [0.717, 1.165) is 47.8 Å². The second-order valence-corrected chi connectivity index (χ2v) is 9.66. The smallest absolute Gasteiger partial charge is 0.137 e. The Hall–Kier alpha value is -1.83. The maximum atomic E-state index is 11.7. The molecule has 2 N–H and O–H groups in total. The van der Waals surface area contributed by atoms with Crippen molar-refractivity contribution in [3.8, 4) is 0 Å². The van der Waals surface area contributed by atoms with E-state index < -0.39 is 0 Å². The number of morpholine rings is 1. The molecule has 1 aliphatic carbocycles. The number of hydrogen-bond acceptors (Lipinski definition) is 6. The number of aldehydes is 1. The summed E-state index contributed by atoms with van der Waals surface area (Å²) in [5, 5.41) is 2.20. The molecule has 0 spiro atoms. The quantitative estimate of drug-likeness (QED) is 0.567. The molecule has 3 aliphatic rings. The number of benzene rings is 1. The lowest BCUT2D eigenvalue weighted by Gasteiger charge is -2.32. The van der Waals surface area contributed by atoms with Gasteiger partial charge in [0.15, 0.2) is 0 Å². The number of hydrogen-bond donors (Lipinski definition) is 1. The fourth-order valence-corrected chi connectivity index (χ4v) is 6.29. The van der Waals surface area contributed by atoms with Gasteiger partial charge in [-0.05, 0) is 36.8 Å². The summed E-state index contributed by atoms with van der Waals surface area (Å²) in [4.78, 5) is 18.9. The molecule has 160 valence electrons. The number of ether oxygens (including phenoxy) is 1. The van der Waals surface area contributed by atoms with Crippen molar-refractivity contribution < 1.29 is 9.53 Å². The van der Waals surface area contributed by atoms with Crippen molar-refractivity contribution in [2.45, 2.75) is 50.1 Å². The van der Waals surface area contributed by atoms with Crippen LogP contribution in [0.15, 0.2) is 29.3 Å². The summed E-state index contributed by atoms with van der Waals surface area (Å²) >= 11 is 1.76. The predicted octanol–water partition coefficient (Wildman–Crippen LogP) is 3.16. The van der Waals surface area contributed by atoms with E-state index in [1.165, 1.54) is 36.6 Å². The van der Waals surface area contributed by atoms with Crippen LogP contribution in [0, 0.1) is 0 Å². The molecule has 2 fully saturated rings. The first-order valence-corrected chi connectivity index (χ1v) is 12.1. The minimum atomic E-state index is -0.0831. The van der Waals surface area contributed by atoms with Gasteiger partial charge >= 0.3 is 0 Å². The van der Waals surface area contributed by atoms with Gasteiger partial charge < -0.3 is 15.4 Å². The summed E-state index contributed by atoms with van der Waals surface area (Å²) < 4.78 is 7.28. The lowest BCUT2D eigenvalue weighted by Crippen LogP contribution is -2.45. The molecule has 5 rings (SSSR count). The number of nitrogens with zero attached hydrogens (tertiary/aromatic N) is 3. The Morgan fingerprint density at radius 3 is 2.83 bits per heavy atom. The second kappa shape index (κ2) is 8.73. The number of para-hydroxylation sites is 1. The highest BCUT2D eigenvalue weighted by atomic mass is 32.2. The highest BCUT2D eigenvalue weighted by Gasteiger charge is 2.29. The lowest BCUT2D eigenvalue weighted by atomic mass is 9.96. The molecule has 1 saturated heterocycles. The molecule has 2 atom stereocenters. The normalized spacial score (nSPS) is 24.4. The highest BCUT2D eigenvalue weighted by Crippen LogP contribution is 2.39. The molecule has 2 aliphatic heterocycles. The summed E-state index contributed by atoms with van der Waals surface area (Å²) in [5.41, 5.74) is 3.54. The Bertz CT molecular complexity index is 944. The van der Waals surface area contributed by atoms with Crippen LogP contribution >= 0.6 is 11.8 Å². The maximum absolute atomic E-state index is 11.7. The molecule has 6 nitrogen and oxygen atoms in total. The Kier molecular flexibility index (Phi) is 5.85. The van der Waals surface area contributed by atoms with Gasteiger partial charge in [0.2, 0.25) is 0 Å². The van der Waals surface area contributed by atoms with Crippen LogP contribution in [0.4, 0.5) is 0 Å². The topological polar surface area (TPSA) is 72.9 Å². The highest BCUT2D eigenvalue weighted by molar-refractivity contribution is 8.14. The molecule has 0 bridgehead atoms. The van der Waals surface area contributed by atoms with Gasteiger partial charge in [-0.2, -0.15) is 0 Å². The maximum Gasteiger partial charge on any atom is 0.137 e. The number of nitrogens with two attached hydrogens (primary N) is 1. The molecule has 0 radical (unpaired) electrons. The van der Waals surface area contributed by atoms with Crippen LogP contribution in [0.2, 0.25) is 0 Å². The average molecular weight is 427 g/mol. The fraction of sp³-hybridized carbons (Fsp3) is 0.565. The Morgan fingerprint density at radius 1 is 1.27 bits per heavy atom. The molecular formula is C23H30N4O2S.